The van der Waals surface area contributed by atoms with Gasteiger partial charge in [0.1, 0.15) is 5.82 Å². The van der Waals surface area contributed by atoms with Crippen LogP contribution in [0.15, 0.2) is 24.8 Å². The van der Waals surface area contributed by atoms with E-state index in [1.807, 2.05) is 0 Å². The van der Waals surface area contributed by atoms with E-state index in [2.05, 4.69) is 21.3 Å². The number of hydrogen-bond acceptors (Lipinski definition) is 5. The number of carbonyl (C=O) groups excluding carboxylic acids is 1. The number of hydrogen-bond donors (Lipinski definition) is 1. The van der Waals surface area contributed by atoms with Crippen molar-refractivity contribution in [3.05, 3.63) is 47.7 Å². The Bertz CT molecular complexity index is 732. The topological polar surface area (TPSA) is 78.1 Å². The molecule has 0 aliphatic carbocycles. The van der Waals surface area contributed by atoms with Crippen molar-refractivity contribution >= 4 is 17.9 Å². The van der Waals surface area contributed by atoms with Crippen LogP contribution >= 0.6 is 0 Å². The minimum absolute atomic E-state index is 0.0138. The minimum Gasteiger partial charge on any atom is -0.464 e. The van der Waals surface area contributed by atoms with Gasteiger partial charge in [-0.15, -0.1) is 0 Å². The van der Waals surface area contributed by atoms with Crippen molar-refractivity contribution in [2.75, 3.05) is 12.8 Å². The van der Waals surface area contributed by atoms with Crippen LogP contribution in [0, 0.1) is 11.6 Å². The standard InChI is InChI=1S/C14H11F2N3O2/c1-3-8-11(14(20)21-2)18-13(19-12(8)17)7-4-5-9(15)10(16)6-7/h3-6H,1H2,2H3,(H2,17,18,19). The fourth-order valence-corrected chi connectivity index (χ4v) is 1.70. The van der Waals surface area contributed by atoms with Gasteiger partial charge in [-0.1, -0.05) is 12.7 Å². The second-order valence-corrected chi connectivity index (χ2v) is 4.02. The highest BCUT2D eigenvalue weighted by Gasteiger charge is 2.18. The molecule has 1 heterocycles. The monoisotopic (exact) mass is 291 g/mol. The Labute approximate surface area is 119 Å². The molecule has 2 aromatic rings. The molecule has 0 radical (unpaired) electrons. The Morgan fingerprint density at radius 1 is 1.33 bits per heavy atom. The maximum atomic E-state index is 13.3. The first-order valence-corrected chi connectivity index (χ1v) is 5.81. The first kappa shape index (κ1) is 14.6. The molecule has 1 aromatic heterocycles. The predicted octanol–water partition coefficient (Wildman–Crippen LogP) is 2.43. The van der Waals surface area contributed by atoms with Crippen LogP contribution in [0.1, 0.15) is 16.1 Å². The van der Waals surface area contributed by atoms with Crippen molar-refractivity contribution in [2.24, 2.45) is 0 Å². The number of esters is 1. The zero-order chi connectivity index (χ0) is 15.6. The third kappa shape index (κ3) is 2.71. The van der Waals surface area contributed by atoms with Gasteiger partial charge in [-0.3, -0.25) is 0 Å². The van der Waals surface area contributed by atoms with Gasteiger partial charge in [-0.05, 0) is 18.2 Å². The Morgan fingerprint density at radius 3 is 2.62 bits per heavy atom. The van der Waals surface area contributed by atoms with Crippen LogP contribution in [0.5, 0.6) is 0 Å². The molecule has 108 valence electrons. The number of halogens is 2. The van der Waals surface area contributed by atoms with E-state index >= 15 is 0 Å². The van der Waals surface area contributed by atoms with E-state index in [1.165, 1.54) is 19.3 Å². The summed E-state index contributed by atoms with van der Waals surface area (Å²) in [5.41, 5.74) is 6.03. The molecule has 1 aromatic carbocycles. The number of aromatic nitrogens is 2. The molecule has 0 fully saturated rings. The lowest BCUT2D eigenvalue weighted by atomic mass is 10.1. The van der Waals surface area contributed by atoms with E-state index in [0.29, 0.717) is 0 Å². The zero-order valence-corrected chi connectivity index (χ0v) is 11.1. The molecule has 0 aliphatic rings. The summed E-state index contributed by atoms with van der Waals surface area (Å²) in [4.78, 5) is 19.7. The van der Waals surface area contributed by atoms with Gasteiger partial charge in [0.25, 0.3) is 0 Å². The fraction of sp³-hybridized carbons (Fsp3) is 0.0714. The number of carbonyl (C=O) groups is 1. The quantitative estimate of drug-likeness (QED) is 0.879. The SMILES string of the molecule is C=Cc1c(N)nc(-c2ccc(F)c(F)c2)nc1C(=O)OC. The van der Waals surface area contributed by atoms with Crippen molar-refractivity contribution in [3.63, 3.8) is 0 Å². The molecule has 0 aliphatic heterocycles. The molecular weight excluding hydrogens is 280 g/mol. The van der Waals surface area contributed by atoms with Crippen molar-refractivity contribution in [2.45, 2.75) is 0 Å². The minimum atomic E-state index is -1.05. The highest BCUT2D eigenvalue weighted by atomic mass is 19.2. The first-order valence-electron chi connectivity index (χ1n) is 5.81. The number of methoxy groups -OCH3 is 1. The second kappa shape index (κ2) is 5.66. The summed E-state index contributed by atoms with van der Waals surface area (Å²) >= 11 is 0. The summed E-state index contributed by atoms with van der Waals surface area (Å²) < 4.78 is 30.8. The van der Waals surface area contributed by atoms with Crippen LogP contribution in [0.2, 0.25) is 0 Å². The molecule has 0 atom stereocenters. The Morgan fingerprint density at radius 2 is 2.05 bits per heavy atom. The van der Waals surface area contributed by atoms with Gasteiger partial charge in [0.05, 0.1) is 7.11 Å². The van der Waals surface area contributed by atoms with E-state index < -0.39 is 17.6 Å². The summed E-state index contributed by atoms with van der Waals surface area (Å²) in [5, 5.41) is 0. The second-order valence-electron chi connectivity index (χ2n) is 4.02. The fourth-order valence-electron chi connectivity index (χ4n) is 1.70. The van der Waals surface area contributed by atoms with Crippen molar-refractivity contribution in [1.29, 1.82) is 0 Å². The van der Waals surface area contributed by atoms with Crippen LogP contribution in [-0.2, 0) is 4.74 Å². The summed E-state index contributed by atoms with van der Waals surface area (Å²) in [6, 6.07) is 3.13. The molecule has 2 rings (SSSR count). The maximum absolute atomic E-state index is 13.3. The van der Waals surface area contributed by atoms with E-state index in [4.69, 9.17) is 5.73 Å². The first-order chi connectivity index (χ1) is 9.97. The summed E-state index contributed by atoms with van der Waals surface area (Å²) in [5.74, 6) is -2.81. The van der Waals surface area contributed by atoms with Crippen LogP contribution in [0.4, 0.5) is 14.6 Å². The van der Waals surface area contributed by atoms with Gasteiger partial charge in [-0.2, -0.15) is 0 Å². The van der Waals surface area contributed by atoms with E-state index in [-0.39, 0.29) is 28.5 Å². The lowest BCUT2D eigenvalue weighted by Crippen LogP contribution is -2.12. The lowest BCUT2D eigenvalue weighted by Gasteiger charge is -2.09. The highest BCUT2D eigenvalue weighted by molar-refractivity contribution is 5.93. The van der Waals surface area contributed by atoms with Crippen molar-refractivity contribution in [3.8, 4) is 11.4 Å². The molecule has 0 saturated carbocycles. The van der Waals surface area contributed by atoms with Gasteiger partial charge in [-0.25, -0.2) is 23.5 Å². The summed E-state index contributed by atoms with van der Waals surface area (Å²) in [6.07, 6.45) is 1.32. The third-order valence-electron chi connectivity index (χ3n) is 2.74. The molecule has 0 saturated heterocycles. The van der Waals surface area contributed by atoms with Crippen molar-refractivity contribution in [1.82, 2.24) is 9.97 Å². The molecule has 2 N–H and O–H groups in total. The Kier molecular flexibility index (Phi) is 3.93. The summed E-state index contributed by atoms with van der Waals surface area (Å²) in [7, 11) is 1.19. The summed E-state index contributed by atoms with van der Waals surface area (Å²) in [6.45, 7) is 3.52. The van der Waals surface area contributed by atoms with E-state index in [0.717, 1.165) is 12.1 Å². The lowest BCUT2D eigenvalue weighted by molar-refractivity contribution is 0.0594. The van der Waals surface area contributed by atoms with Crippen LogP contribution < -0.4 is 5.73 Å². The van der Waals surface area contributed by atoms with Gasteiger partial charge in [0, 0.05) is 11.1 Å². The highest BCUT2D eigenvalue weighted by Crippen LogP contribution is 2.23. The Balaban J connectivity index is 2.65. The van der Waals surface area contributed by atoms with Crippen LogP contribution in [-0.4, -0.2) is 23.0 Å². The number of ether oxygens (including phenoxy) is 1. The number of anilines is 1. The molecule has 5 nitrogen and oxygen atoms in total. The largest absolute Gasteiger partial charge is 0.464 e. The molecular formula is C14H11F2N3O2. The van der Waals surface area contributed by atoms with Crippen molar-refractivity contribution < 1.29 is 18.3 Å². The van der Waals surface area contributed by atoms with Gasteiger partial charge >= 0.3 is 5.97 Å². The van der Waals surface area contributed by atoms with Gasteiger partial charge in [0.2, 0.25) is 0 Å². The van der Waals surface area contributed by atoms with Gasteiger partial charge in [0.15, 0.2) is 23.2 Å². The number of nitrogen functional groups attached to an aromatic ring is 1. The number of rotatable bonds is 3. The average molecular weight is 291 g/mol. The number of benzene rings is 1. The predicted molar refractivity (Wildman–Crippen MR) is 73.2 cm³/mol. The van der Waals surface area contributed by atoms with E-state index in [9.17, 15) is 13.6 Å². The average Bonchev–Trinajstić information content (AvgIpc) is 2.48. The molecule has 0 unspecified atom stereocenters. The van der Waals surface area contributed by atoms with E-state index in [1.54, 1.807) is 0 Å². The third-order valence-corrected chi connectivity index (χ3v) is 2.74. The molecule has 0 bridgehead atoms. The zero-order valence-electron chi connectivity index (χ0n) is 11.1. The van der Waals surface area contributed by atoms with Gasteiger partial charge < -0.3 is 10.5 Å². The maximum Gasteiger partial charge on any atom is 0.357 e. The smallest absolute Gasteiger partial charge is 0.357 e. The Hall–Kier alpha value is -2.83. The molecule has 0 amide bonds. The van der Waals surface area contributed by atoms with Crippen LogP contribution in [0.25, 0.3) is 17.5 Å². The normalized spacial score (nSPS) is 10.2. The number of nitrogens with zero attached hydrogens (tertiary/aromatic N) is 2. The molecule has 0 spiro atoms. The molecule has 21 heavy (non-hydrogen) atoms. The number of nitrogens with two attached hydrogens (primary N) is 1. The molecule has 7 heteroatoms. The van der Waals surface area contributed by atoms with Crippen LogP contribution in [0.3, 0.4) is 0 Å².